The number of non-ortho nitro benzene ring substituents is 1. The Morgan fingerprint density at radius 1 is 1.07 bits per heavy atom. The highest BCUT2D eigenvalue weighted by molar-refractivity contribution is 6.22. The van der Waals surface area contributed by atoms with E-state index in [1.165, 1.54) is 6.07 Å². The summed E-state index contributed by atoms with van der Waals surface area (Å²) in [6.07, 6.45) is 0.453. The number of amides is 3. The SMILES string of the molecule is O=C(CN1C(=O)c2ccc([N+](=O)[O-])cc2C1=O)NCCc1cc2ccccc2o1. The fourth-order valence-electron chi connectivity index (χ4n) is 3.22. The van der Waals surface area contributed by atoms with Gasteiger partial charge in [-0.25, -0.2) is 0 Å². The molecule has 146 valence electrons. The van der Waals surface area contributed by atoms with Crippen molar-refractivity contribution < 1.29 is 23.7 Å². The van der Waals surface area contributed by atoms with Gasteiger partial charge in [-0.1, -0.05) is 18.2 Å². The topological polar surface area (TPSA) is 123 Å². The first-order valence-electron chi connectivity index (χ1n) is 8.83. The molecule has 0 atom stereocenters. The van der Waals surface area contributed by atoms with Crippen molar-refractivity contribution in [2.75, 3.05) is 13.1 Å². The summed E-state index contributed by atoms with van der Waals surface area (Å²) in [6, 6.07) is 12.9. The van der Waals surface area contributed by atoms with Gasteiger partial charge in [0.2, 0.25) is 5.91 Å². The summed E-state index contributed by atoms with van der Waals surface area (Å²) < 4.78 is 5.67. The molecule has 9 nitrogen and oxygen atoms in total. The zero-order valence-electron chi connectivity index (χ0n) is 15.1. The summed E-state index contributed by atoms with van der Waals surface area (Å²) >= 11 is 0. The van der Waals surface area contributed by atoms with Gasteiger partial charge < -0.3 is 9.73 Å². The minimum absolute atomic E-state index is 0.0516. The summed E-state index contributed by atoms with van der Waals surface area (Å²) in [5.74, 6) is -1.17. The minimum Gasteiger partial charge on any atom is -0.461 e. The van der Waals surface area contributed by atoms with Crippen LogP contribution in [0.2, 0.25) is 0 Å². The standard InChI is InChI=1S/C20H15N3O6/c24-18(21-8-7-14-9-12-3-1-2-4-17(12)29-14)11-22-19(25)15-6-5-13(23(27)28)10-16(15)20(22)26/h1-6,9-10H,7-8,11H2,(H,21,24). The highest BCUT2D eigenvalue weighted by atomic mass is 16.6. The first-order valence-corrected chi connectivity index (χ1v) is 8.83. The molecule has 3 amide bonds. The second-order valence-electron chi connectivity index (χ2n) is 6.53. The Morgan fingerprint density at radius 3 is 2.59 bits per heavy atom. The average Bonchev–Trinajstić information content (AvgIpc) is 3.22. The first kappa shape index (κ1) is 18.4. The van der Waals surface area contributed by atoms with E-state index < -0.39 is 29.2 Å². The van der Waals surface area contributed by atoms with Crippen LogP contribution in [0.4, 0.5) is 5.69 Å². The second-order valence-corrected chi connectivity index (χ2v) is 6.53. The molecule has 9 heteroatoms. The molecule has 1 N–H and O–H groups in total. The molecule has 0 bridgehead atoms. The zero-order valence-corrected chi connectivity index (χ0v) is 15.1. The number of nitrogens with zero attached hydrogens (tertiary/aromatic N) is 2. The molecule has 3 aromatic rings. The molecule has 29 heavy (non-hydrogen) atoms. The third-order valence-corrected chi connectivity index (χ3v) is 4.64. The molecular formula is C20H15N3O6. The Kier molecular flexibility index (Phi) is 4.55. The molecule has 1 aromatic heterocycles. The molecule has 4 rings (SSSR count). The molecule has 0 saturated heterocycles. The zero-order chi connectivity index (χ0) is 20.5. The maximum atomic E-state index is 12.4. The lowest BCUT2D eigenvalue weighted by molar-refractivity contribution is -0.384. The maximum Gasteiger partial charge on any atom is 0.270 e. The van der Waals surface area contributed by atoms with Gasteiger partial charge in [0.05, 0.1) is 16.1 Å². The van der Waals surface area contributed by atoms with Crippen LogP contribution < -0.4 is 5.32 Å². The van der Waals surface area contributed by atoms with Crippen molar-refractivity contribution in [3.8, 4) is 0 Å². The third-order valence-electron chi connectivity index (χ3n) is 4.64. The highest BCUT2D eigenvalue weighted by Crippen LogP contribution is 2.26. The van der Waals surface area contributed by atoms with E-state index in [4.69, 9.17) is 4.42 Å². The number of benzene rings is 2. The fraction of sp³-hybridized carbons (Fsp3) is 0.150. The van der Waals surface area contributed by atoms with Gasteiger partial charge in [0.1, 0.15) is 17.9 Å². The lowest BCUT2D eigenvalue weighted by atomic mass is 10.1. The van der Waals surface area contributed by atoms with Gasteiger partial charge >= 0.3 is 0 Å². The monoisotopic (exact) mass is 393 g/mol. The predicted molar refractivity (Wildman–Crippen MR) is 101 cm³/mol. The number of rotatable bonds is 6. The van der Waals surface area contributed by atoms with Crippen molar-refractivity contribution in [3.63, 3.8) is 0 Å². The second kappa shape index (κ2) is 7.19. The number of furan rings is 1. The summed E-state index contributed by atoms with van der Waals surface area (Å²) in [5, 5.41) is 14.5. The molecule has 1 aliphatic heterocycles. The number of fused-ring (bicyclic) bond motifs is 2. The van der Waals surface area contributed by atoms with Crippen LogP contribution in [0.3, 0.4) is 0 Å². The smallest absolute Gasteiger partial charge is 0.270 e. The van der Waals surface area contributed by atoms with Crippen molar-refractivity contribution in [2.45, 2.75) is 6.42 Å². The molecule has 0 saturated carbocycles. The predicted octanol–water partition coefficient (Wildman–Crippen LogP) is 2.30. The molecule has 0 unspecified atom stereocenters. The normalized spacial score (nSPS) is 13.0. The molecule has 2 aromatic carbocycles. The summed E-state index contributed by atoms with van der Waals surface area (Å²) in [6.45, 7) is -0.187. The Hall–Kier alpha value is -4.01. The van der Waals surface area contributed by atoms with E-state index in [9.17, 15) is 24.5 Å². The van der Waals surface area contributed by atoms with Gasteiger partial charge in [-0.2, -0.15) is 0 Å². The van der Waals surface area contributed by atoms with Crippen LogP contribution in [0.15, 0.2) is 52.9 Å². The number of hydrogen-bond donors (Lipinski definition) is 1. The third kappa shape index (κ3) is 3.45. The van der Waals surface area contributed by atoms with E-state index >= 15 is 0 Å². The Bertz CT molecular complexity index is 1130. The van der Waals surface area contributed by atoms with Crippen molar-refractivity contribution in [1.29, 1.82) is 0 Å². The molecular weight excluding hydrogens is 378 g/mol. The van der Waals surface area contributed by atoms with Crippen LogP contribution in [-0.2, 0) is 11.2 Å². The minimum atomic E-state index is -0.721. The quantitative estimate of drug-likeness (QED) is 0.389. The molecule has 0 aliphatic carbocycles. The highest BCUT2D eigenvalue weighted by Gasteiger charge is 2.37. The van der Waals surface area contributed by atoms with Crippen molar-refractivity contribution in [3.05, 3.63) is 75.5 Å². The number of nitro groups is 1. The van der Waals surface area contributed by atoms with E-state index in [1.54, 1.807) is 0 Å². The number of hydrogen-bond acceptors (Lipinski definition) is 6. The average molecular weight is 393 g/mol. The van der Waals surface area contributed by atoms with Crippen molar-refractivity contribution in [2.24, 2.45) is 0 Å². The van der Waals surface area contributed by atoms with Gasteiger partial charge in [-0.3, -0.25) is 29.4 Å². The van der Waals surface area contributed by atoms with Crippen LogP contribution in [0.25, 0.3) is 11.0 Å². The van der Waals surface area contributed by atoms with Gasteiger partial charge in [0, 0.05) is 30.5 Å². The van der Waals surface area contributed by atoms with E-state index in [-0.39, 0.29) is 23.4 Å². The van der Waals surface area contributed by atoms with E-state index in [0.29, 0.717) is 12.2 Å². The Morgan fingerprint density at radius 2 is 1.83 bits per heavy atom. The number of para-hydroxylation sites is 1. The molecule has 0 spiro atoms. The molecule has 2 heterocycles. The lowest BCUT2D eigenvalue weighted by Crippen LogP contribution is -2.40. The fourth-order valence-corrected chi connectivity index (χ4v) is 3.22. The molecule has 1 aliphatic rings. The van der Waals surface area contributed by atoms with Gasteiger partial charge in [0.15, 0.2) is 0 Å². The summed E-state index contributed by atoms with van der Waals surface area (Å²) in [7, 11) is 0. The molecule has 0 fully saturated rings. The van der Waals surface area contributed by atoms with Crippen LogP contribution >= 0.6 is 0 Å². The first-order chi connectivity index (χ1) is 13.9. The van der Waals surface area contributed by atoms with Gasteiger partial charge in [0.25, 0.3) is 17.5 Å². The largest absolute Gasteiger partial charge is 0.461 e. The van der Waals surface area contributed by atoms with Crippen LogP contribution in [0.1, 0.15) is 26.5 Å². The number of carbonyl (C=O) groups is 3. The van der Waals surface area contributed by atoms with E-state index in [1.807, 2.05) is 30.3 Å². The Balaban J connectivity index is 1.36. The lowest BCUT2D eigenvalue weighted by Gasteiger charge is -2.13. The number of carbonyl (C=O) groups excluding carboxylic acids is 3. The van der Waals surface area contributed by atoms with Gasteiger partial charge in [-0.05, 0) is 18.2 Å². The summed E-state index contributed by atoms with van der Waals surface area (Å²) in [4.78, 5) is 47.9. The maximum absolute atomic E-state index is 12.4. The van der Waals surface area contributed by atoms with Crippen LogP contribution in [-0.4, -0.2) is 40.6 Å². The summed E-state index contributed by atoms with van der Waals surface area (Å²) in [5.41, 5.74) is 0.450. The van der Waals surface area contributed by atoms with Crippen LogP contribution in [0, 0.1) is 10.1 Å². The Labute approximate surface area is 164 Å². The molecule has 0 radical (unpaired) electrons. The number of nitro benzene ring substituents is 1. The van der Waals surface area contributed by atoms with Crippen molar-refractivity contribution >= 4 is 34.4 Å². The van der Waals surface area contributed by atoms with E-state index in [2.05, 4.69) is 5.32 Å². The van der Waals surface area contributed by atoms with E-state index in [0.717, 1.165) is 28.0 Å². The van der Waals surface area contributed by atoms with Crippen molar-refractivity contribution in [1.82, 2.24) is 10.2 Å². The number of nitrogens with one attached hydrogen (secondary N) is 1. The van der Waals surface area contributed by atoms with Gasteiger partial charge in [-0.15, -0.1) is 0 Å². The van der Waals surface area contributed by atoms with Crippen LogP contribution in [0.5, 0.6) is 0 Å². The number of imide groups is 1.